The van der Waals surface area contributed by atoms with Gasteiger partial charge in [-0.15, -0.1) is 0 Å². The molecule has 0 aliphatic carbocycles. The van der Waals surface area contributed by atoms with Gasteiger partial charge < -0.3 is 36.0 Å². The number of hydrogen-bond acceptors (Lipinski definition) is 9. The highest BCUT2D eigenvalue weighted by molar-refractivity contribution is 6.30. The number of halogens is 1. The fourth-order valence-electron chi connectivity index (χ4n) is 4.64. The highest BCUT2D eigenvalue weighted by Crippen LogP contribution is 2.32. The van der Waals surface area contributed by atoms with Crippen molar-refractivity contribution in [1.82, 2.24) is 24.4 Å². The number of rotatable bonds is 4. The average molecular weight is 542 g/mol. The van der Waals surface area contributed by atoms with Crippen molar-refractivity contribution in [3.8, 4) is 11.8 Å². The first kappa shape index (κ1) is 26.1. The largest absolute Gasteiger partial charge is 0.394 e. The summed E-state index contributed by atoms with van der Waals surface area (Å²) in [6.07, 6.45) is -0.812. The lowest BCUT2D eigenvalue weighted by Crippen LogP contribution is -2.41. The van der Waals surface area contributed by atoms with Gasteiger partial charge in [0.25, 0.3) is 0 Å². The van der Waals surface area contributed by atoms with Gasteiger partial charge in [0.15, 0.2) is 17.7 Å². The van der Waals surface area contributed by atoms with Crippen LogP contribution in [0.3, 0.4) is 0 Å². The van der Waals surface area contributed by atoms with Gasteiger partial charge in [-0.3, -0.25) is 4.57 Å². The fourth-order valence-corrected chi connectivity index (χ4v) is 4.77. The predicted molar refractivity (Wildman–Crippen MR) is 139 cm³/mol. The van der Waals surface area contributed by atoms with Crippen molar-refractivity contribution in [2.24, 2.45) is 5.92 Å². The molecular weight excluding hydrogens is 514 g/mol. The molecule has 3 aromatic rings. The molecule has 4 heterocycles. The molecule has 0 spiro atoms. The van der Waals surface area contributed by atoms with Gasteiger partial charge in [0.2, 0.25) is 5.82 Å². The van der Waals surface area contributed by atoms with Crippen LogP contribution in [0.1, 0.15) is 31.3 Å². The van der Waals surface area contributed by atoms with Gasteiger partial charge in [0, 0.05) is 30.2 Å². The van der Waals surface area contributed by atoms with Gasteiger partial charge in [-0.05, 0) is 48.9 Å². The molecule has 4 atom stereocenters. The summed E-state index contributed by atoms with van der Waals surface area (Å²) in [7, 11) is 0. The van der Waals surface area contributed by atoms with Crippen LogP contribution in [-0.4, -0.2) is 83.8 Å². The van der Waals surface area contributed by atoms with Gasteiger partial charge in [0.05, 0.1) is 12.9 Å². The lowest BCUT2D eigenvalue weighted by molar-refractivity contribution is -0.0511. The molecule has 2 amide bonds. The molecule has 0 bridgehead atoms. The number of nitrogens with two attached hydrogens (primary N) is 1. The molecule has 2 aliphatic heterocycles. The van der Waals surface area contributed by atoms with Crippen molar-refractivity contribution < 1.29 is 24.9 Å². The minimum atomic E-state index is -1.28. The summed E-state index contributed by atoms with van der Waals surface area (Å²) < 4.78 is 7.04. The number of carbonyl (C=O) groups excluding carboxylic acids is 1. The molecule has 0 saturated carbocycles. The maximum Gasteiger partial charge on any atom is 0.321 e. The number of likely N-dealkylation sites (tertiary alicyclic amines) is 1. The van der Waals surface area contributed by atoms with Gasteiger partial charge >= 0.3 is 6.03 Å². The third kappa shape index (κ3) is 5.38. The fraction of sp³-hybridized carbons (Fsp3) is 0.440. The summed E-state index contributed by atoms with van der Waals surface area (Å²) in [5.74, 6) is 6.73. The Morgan fingerprint density at radius 2 is 1.92 bits per heavy atom. The van der Waals surface area contributed by atoms with Crippen molar-refractivity contribution in [1.29, 1.82) is 0 Å². The van der Waals surface area contributed by atoms with Crippen LogP contribution in [0.15, 0.2) is 30.6 Å². The SMILES string of the molecule is Nc1nc(C#CCC2CCN(C(=O)Nc3ccc(Cl)cc3)CC2)nc2c1ncn2C1OC(CO)[C@H](O)[C@@H]1O. The molecule has 12 nitrogen and oxygen atoms in total. The van der Waals surface area contributed by atoms with E-state index in [1.165, 1.54) is 10.9 Å². The van der Waals surface area contributed by atoms with E-state index >= 15 is 0 Å². The van der Waals surface area contributed by atoms with E-state index in [1.807, 2.05) is 0 Å². The lowest BCUT2D eigenvalue weighted by Gasteiger charge is -2.31. The summed E-state index contributed by atoms with van der Waals surface area (Å²) in [6.45, 7) is 0.816. The zero-order valence-corrected chi connectivity index (χ0v) is 21.1. The zero-order valence-electron chi connectivity index (χ0n) is 20.4. The maximum atomic E-state index is 12.5. The second kappa shape index (κ2) is 11.1. The van der Waals surface area contributed by atoms with E-state index in [0.29, 0.717) is 47.3 Å². The van der Waals surface area contributed by atoms with Crippen LogP contribution in [0.2, 0.25) is 5.02 Å². The number of fused-ring (bicyclic) bond motifs is 1. The van der Waals surface area contributed by atoms with Crippen LogP contribution in [0.5, 0.6) is 0 Å². The number of nitrogen functional groups attached to an aromatic ring is 1. The summed E-state index contributed by atoms with van der Waals surface area (Å²) in [5.41, 5.74) is 7.38. The number of nitrogens with one attached hydrogen (secondary N) is 1. The first-order valence-corrected chi connectivity index (χ1v) is 12.6. The Balaban J connectivity index is 1.20. The molecule has 200 valence electrons. The molecule has 1 aromatic carbocycles. The number of carbonyl (C=O) groups is 1. The van der Waals surface area contributed by atoms with E-state index in [4.69, 9.17) is 22.1 Å². The highest BCUT2D eigenvalue weighted by atomic mass is 35.5. The van der Waals surface area contributed by atoms with E-state index < -0.39 is 31.1 Å². The molecule has 2 fully saturated rings. The quantitative estimate of drug-likeness (QED) is 0.306. The zero-order chi connectivity index (χ0) is 26.8. The van der Waals surface area contributed by atoms with Crippen molar-refractivity contribution in [2.45, 2.75) is 43.8 Å². The van der Waals surface area contributed by atoms with Crippen molar-refractivity contribution >= 4 is 40.3 Å². The van der Waals surface area contributed by atoms with E-state index in [-0.39, 0.29) is 17.7 Å². The molecule has 5 rings (SSSR count). The number of anilines is 2. The minimum absolute atomic E-state index is 0.129. The van der Waals surface area contributed by atoms with Gasteiger partial charge in [-0.1, -0.05) is 17.5 Å². The Morgan fingerprint density at radius 1 is 1.18 bits per heavy atom. The normalized spacial score (nSPS) is 23.8. The smallest absolute Gasteiger partial charge is 0.321 e. The van der Waals surface area contributed by atoms with Crippen LogP contribution >= 0.6 is 11.6 Å². The third-order valence-electron chi connectivity index (χ3n) is 6.83. The van der Waals surface area contributed by atoms with Crippen molar-refractivity contribution in [2.75, 3.05) is 30.7 Å². The topological polar surface area (TPSA) is 172 Å². The molecule has 2 aliphatic rings. The van der Waals surface area contributed by atoms with Gasteiger partial charge in [-0.2, -0.15) is 0 Å². The number of aliphatic hydroxyl groups excluding tert-OH is 3. The number of hydrogen-bond donors (Lipinski definition) is 5. The number of piperidine rings is 1. The number of imidazole rings is 1. The van der Waals surface area contributed by atoms with Crippen molar-refractivity contribution in [3.63, 3.8) is 0 Å². The van der Waals surface area contributed by atoms with E-state index in [2.05, 4.69) is 32.1 Å². The van der Waals surface area contributed by atoms with E-state index in [0.717, 1.165) is 12.8 Å². The minimum Gasteiger partial charge on any atom is -0.394 e. The molecule has 13 heteroatoms. The van der Waals surface area contributed by atoms with Gasteiger partial charge in [0.1, 0.15) is 23.8 Å². The molecule has 2 aromatic heterocycles. The molecule has 2 unspecified atom stereocenters. The van der Waals surface area contributed by atoms with Crippen LogP contribution in [-0.2, 0) is 4.74 Å². The molecule has 38 heavy (non-hydrogen) atoms. The number of aliphatic hydroxyl groups is 3. The number of amides is 2. The molecular formula is C25H28ClN7O5. The number of nitrogens with zero attached hydrogens (tertiary/aromatic N) is 5. The van der Waals surface area contributed by atoms with Crippen LogP contribution in [0.25, 0.3) is 11.2 Å². The van der Waals surface area contributed by atoms with Crippen molar-refractivity contribution in [3.05, 3.63) is 41.4 Å². The number of benzene rings is 1. The standard InChI is InChI=1S/C25H28ClN7O5/c26-15-4-6-16(7-5-15)29-25(37)32-10-8-14(9-11-32)2-1-3-18-30-22(27)19-23(31-18)33(13-28-19)24-21(36)20(35)17(12-34)38-24/h4-7,13-14,17,20-21,24,34-36H,2,8-12H2,(H,29,37)(H2,27,30,31)/t17?,20-,21-,24?/m0/s1. The van der Waals surface area contributed by atoms with Crippen LogP contribution in [0, 0.1) is 17.8 Å². The lowest BCUT2D eigenvalue weighted by atomic mass is 9.94. The monoisotopic (exact) mass is 541 g/mol. The summed E-state index contributed by atoms with van der Waals surface area (Å²) >= 11 is 5.89. The first-order chi connectivity index (χ1) is 18.3. The Kier molecular flexibility index (Phi) is 7.64. The van der Waals surface area contributed by atoms with Crippen LogP contribution in [0.4, 0.5) is 16.3 Å². The van der Waals surface area contributed by atoms with Crippen LogP contribution < -0.4 is 11.1 Å². The second-order valence-electron chi connectivity index (χ2n) is 9.36. The van der Waals surface area contributed by atoms with Gasteiger partial charge in [-0.25, -0.2) is 19.7 Å². The number of urea groups is 1. The molecule has 2 saturated heterocycles. The number of ether oxygens (including phenoxy) is 1. The third-order valence-corrected chi connectivity index (χ3v) is 7.08. The maximum absolute atomic E-state index is 12.5. The second-order valence-corrected chi connectivity index (χ2v) is 9.80. The Hall–Kier alpha value is -3.47. The predicted octanol–water partition coefficient (Wildman–Crippen LogP) is 1.36. The Labute approximate surface area is 223 Å². The number of aromatic nitrogens is 4. The Morgan fingerprint density at radius 3 is 2.61 bits per heavy atom. The van der Waals surface area contributed by atoms with E-state index in [9.17, 15) is 20.1 Å². The summed E-state index contributed by atoms with van der Waals surface area (Å²) in [4.78, 5) is 27.2. The average Bonchev–Trinajstić information content (AvgIpc) is 3.46. The van der Waals surface area contributed by atoms with E-state index in [1.54, 1.807) is 29.2 Å². The summed E-state index contributed by atoms with van der Waals surface area (Å²) in [5, 5.41) is 33.3. The summed E-state index contributed by atoms with van der Waals surface area (Å²) in [6, 6.07) is 6.85. The highest BCUT2D eigenvalue weighted by Gasteiger charge is 2.44. The first-order valence-electron chi connectivity index (χ1n) is 12.3. The Bertz CT molecular complexity index is 1360. The molecule has 0 radical (unpaired) electrons. The molecule has 6 N–H and O–H groups in total.